The predicted octanol–water partition coefficient (Wildman–Crippen LogP) is 5.37. The van der Waals surface area contributed by atoms with Gasteiger partial charge in [-0.15, -0.1) is 0 Å². The van der Waals surface area contributed by atoms with Crippen LogP contribution < -0.4 is 16.0 Å². The molecule has 3 unspecified atom stereocenters. The van der Waals surface area contributed by atoms with Crippen molar-refractivity contribution in [3.8, 4) is 0 Å². The quantitative estimate of drug-likeness (QED) is 0.259. The van der Waals surface area contributed by atoms with Crippen molar-refractivity contribution >= 4 is 35.5 Å². The third-order valence-electron chi connectivity index (χ3n) is 7.59. The fourth-order valence-corrected chi connectivity index (χ4v) is 5.64. The molecular weight excluding hydrogens is 558 g/mol. The number of rotatable bonds is 12. The van der Waals surface area contributed by atoms with E-state index in [0.29, 0.717) is 11.4 Å². The molecule has 9 nitrogen and oxygen atoms in total. The third kappa shape index (κ3) is 8.71. The van der Waals surface area contributed by atoms with Gasteiger partial charge in [0, 0.05) is 21.9 Å². The summed E-state index contributed by atoms with van der Waals surface area (Å²) in [4.78, 5) is 51.2. The van der Waals surface area contributed by atoms with E-state index in [0.717, 1.165) is 11.1 Å². The van der Waals surface area contributed by atoms with Crippen LogP contribution >= 0.6 is 11.6 Å². The first-order valence-corrected chi connectivity index (χ1v) is 14.6. The van der Waals surface area contributed by atoms with E-state index in [1.165, 1.54) is 0 Å². The van der Waals surface area contributed by atoms with Gasteiger partial charge in [-0.05, 0) is 62.3 Å². The Morgan fingerprint density at radius 1 is 1.07 bits per heavy atom. The molecule has 0 saturated carbocycles. The smallest absolute Gasteiger partial charge is 0.408 e. The van der Waals surface area contributed by atoms with Gasteiger partial charge in [-0.3, -0.25) is 9.59 Å². The first kappa shape index (κ1) is 32.9. The van der Waals surface area contributed by atoms with Crippen molar-refractivity contribution in [2.24, 2.45) is 11.8 Å². The number of ether oxygens (including phenoxy) is 1. The minimum atomic E-state index is -1.30. The molecule has 0 radical (unpaired) electrons. The van der Waals surface area contributed by atoms with Crippen molar-refractivity contribution in [1.82, 2.24) is 16.0 Å². The number of alkyl carbamates (subject to hydrolysis) is 1. The molecule has 3 rings (SSSR count). The molecule has 10 heteroatoms. The van der Waals surface area contributed by atoms with Gasteiger partial charge in [0.15, 0.2) is 0 Å². The van der Waals surface area contributed by atoms with Gasteiger partial charge < -0.3 is 25.8 Å². The van der Waals surface area contributed by atoms with E-state index in [9.17, 15) is 24.3 Å². The number of nitrogens with one attached hydrogen (secondary N) is 3. The molecule has 1 aliphatic rings. The normalized spacial score (nSPS) is 18.5. The SMILES string of the molecule is CC(C)C[C@H](NC(=O)OC(c1ccccc1)C(C)(C)c1cccc(Cl)c1)C(=O)NC(CC1CC(C)(C)NC1=O)C(=O)O. The highest BCUT2D eigenvalue weighted by Gasteiger charge is 2.41. The molecule has 0 aliphatic carbocycles. The fourth-order valence-electron chi connectivity index (χ4n) is 5.45. The average molecular weight is 600 g/mol. The van der Waals surface area contributed by atoms with Crippen LogP contribution in [0, 0.1) is 11.8 Å². The lowest BCUT2D eigenvalue weighted by atomic mass is 9.76. The predicted molar refractivity (Wildman–Crippen MR) is 161 cm³/mol. The van der Waals surface area contributed by atoms with E-state index < -0.39 is 53.0 Å². The summed E-state index contributed by atoms with van der Waals surface area (Å²) in [5, 5.41) is 18.5. The van der Waals surface area contributed by atoms with E-state index in [-0.39, 0.29) is 24.7 Å². The largest absolute Gasteiger partial charge is 0.480 e. The number of carboxylic acids is 1. The van der Waals surface area contributed by atoms with Crippen molar-refractivity contribution < 1.29 is 29.0 Å². The number of hydrogen-bond donors (Lipinski definition) is 4. The number of benzene rings is 2. The molecule has 2 aromatic carbocycles. The molecule has 2 aromatic rings. The van der Waals surface area contributed by atoms with Gasteiger partial charge in [-0.25, -0.2) is 9.59 Å². The second-order valence-electron chi connectivity index (χ2n) is 12.7. The zero-order chi connectivity index (χ0) is 31.2. The van der Waals surface area contributed by atoms with Crippen LogP contribution in [-0.2, 0) is 24.5 Å². The van der Waals surface area contributed by atoms with Crippen molar-refractivity contribution in [3.05, 3.63) is 70.7 Å². The Labute approximate surface area is 252 Å². The maximum absolute atomic E-state index is 13.4. The number of halogens is 1. The standard InChI is InChI=1S/C32H42ClN3O6/c1-19(2)15-24(28(38)34-25(29(39)40)16-21-18-31(3,4)36-27(21)37)35-30(41)42-26(20-11-8-7-9-12-20)32(5,6)22-13-10-14-23(33)17-22/h7-14,17,19,21,24-26H,15-16,18H2,1-6H3,(H,34,38)(H,35,41)(H,36,37)(H,39,40)/t21?,24-,25?,26?/m0/s1. The van der Waals surface area contributed by atoms with Crippen LogP contribution in [0.5, 0.6) is 0 Å². The van der Waals surface area contributed by atoms with Crippen LogP contribution in [-0.4, -0.2) is 46.6 Å². The Morgan fingerprint density at radius 3 is 2.29 bits per heavy atom. The number of amides is 3. The summed E-state index contributed by atoms with van der Waals surface area (Å²) in [6.07, 6.45) is -0.911. The molecule has 42 heavy (non-hydrogen) atoms. The van der Waals surface area contributed by atoms with E-state index in [1.54, 1.807) is 6.07 Å². The summed E-state index contributed by atoms with van der Waals surface area (Å²) in [5.74, 6) is -2.70. The first-order valence-electron chi connectivity index (χ1n) is 14.2. The molecule has 0 bridgehead atoms. The minimum absolute atomic E-state index is 0.00133. The molecule has 4 atom stereocenters. The Morgan fingerprint density at radius 2 is 1.74 bits per heavy atom. The zero-order valence-corrected chi connectivity index (χ0v) is 25.8. The number of aliphatic carboxylic acids is 1. The molecule has 1 heterocycles. The van der Waals surface area contributed by atoms with E-state index >= 15 is 0 Å². The molecule has 0 aromatic heterocycles. The van der Waals surface area contributed by atoms with E-state index in [2.05, 4.69) is 16.0 Å². The minimum Gasteiger partial charge on any atom is -0.480 e. The van der Waals surface area contributed by atoms with Gasteiger partial charge in [-0.2, -0.15) is 0 Å². The van der Waals surface area contributed by atoms with Crippen molar-refractivity contribution in [3.63, 3.8) is 0 Å². The van der Waals surface area contributed by atoms with Gasteiger partial charge in [0.05, 0.1) is 0 Å². The van der Waals surface area contributed by atoms with Gasteiger partial charge in [0.2, 0.25) is 11.8 Å². The Balaban J connectivity index is 1.79. The Hall–Kier alpha value is -3.59. The van der Waals surface area contributed by atoms with Crippen LogP contribution in [0.4, 0.5) is 4.79 Å². The second kappa shape index (κ2) is 13.6. The van der Waals surface area contributed by atoms with Gasteiger partial charge >= 0.3 is 12.1 Å². The number of carboxylic acid groups (broad SMARTS) is 1. The van der Waals surface area contributed by atoms with Crippen LogP contribution in [0.3, 0.4) is 0 Å². The number of carbonyl (C=O) groups excluding carboxylic acids is 3. The highest BCUT2D eigenvalue weighted by Crippen LogP contribution is 2.40. The van der Waals surface area contributed by atoms with Crippen LogP contribution in [0.1, 0.15) is 78.0 Å². The monoisotopic (exact) mass is 599 g/mol. The van der Waals surface area contributed by atoms with Gasteiger partial charge in [0.1, 0.15) is 18.2 Å². The van der Waals surface area contributed by atoms with Crippen LogP contribution in [0.15, 0.2) is 54.6 Å². The Bertz CT molecular complexity index is 1280. The third-order valence-corrected chi connectivity index (χ3v) is 7.83. The van der Waals surface area contributed by atoms with E-state index in [4.69, 9.17) is 16.3 Å². The summed E-state index contributed by atoms with van der Waals surface area (Å²) in [6.45, 7) is 11.4. The first-order chi connectivity index (χ1) is 19.6. The summed E-state index contributed by atoms with van der Waals surface area (Å²) in [7, 11) is 0. The lowest BCUT2D eigenvalue weighted by molar-refractivity contribution is -0.143. The maximum Gasteiger partial charge on any atom is 0.408 e. The lowest BCUT2D eigenvalue weighted by Crippen LogP contribution is -2.53. The molecule has 3 amide bonds. The summed E-state index contributed by atoms with van der Waals surface area (Å²) in [5.41, 5.74) is 0.459. The highest BCUT2D eigenvalue weighted by molar-refractivity contribution is 6.30. The maximum atomic E-state index is 13.4. The summed E-state index contributed by atoms with van der Waals surface area (Å²) >= 11 is 6.27. The molecule has 1 aliphatic heterocycles. The second-order valence-corrected chi connectivity index (χ2v) is 13.1. The van der Waals surface area contributed by atoms with Crippen molar-refractivity contribution in [1.29, 1.82) is 0 Å². The van der Waals surface area contributed by atoms with Crippen molar-refractivity contribution in [2.75, 3.05) is 0 Å². The Kier molecular flexibility index (Phi) is 10.7. The van der Waals surface area contributed by atoms with E-state index in [1.807, 2.05) is 90.1 Å². The van der Waals surface area contributed by atoms with Gasteiger partial charge in [0.25, 0.3) is 0 Å². The van der Waals surface area contributed by atoms with Crippen molar-refractivity contribution in [2.45, 2.75) is 89.9 Å². The number of carbonyl (C=O) groups is 4. The van der Waals surface area contributed by atoms with Gasteiger partial charge in [-0.1, -0.05) is 81.8 Å². The zero-order valence-electron chi connectivity index (χ0n) is 25.1. The fraction of sp³-hybridized carbons (Fsp3) is 0.500. The lowest BCUT2D eigenvalue weighted by Gasteiger charge is -2.35. The molecular formula is C32H42ClN3O6. The molecule has 0 spiro atoms. The molecule has 1 fully saturated rings. The van der Waals surface area contributed by atoms with Crippen LogP contribution in [0.25, 0.3) is 0 Å². The molecule has 228 valence electrons. The molecule has 1 saturated heterocycles. The molecule has 4 N–H and O–H groups in total. The topological polar surface area (TPSA) is 134 Å². The summed E-state index contributed by atoms with van der Waals surface area (Å²) in [6, 6.07) is 14.3. The number of hydrogen-bond acceptors (Lipinski definition) is 5. The van der Waals surface area contributed by atoms with Crippen LogP contribution in [0.2, 0.25) is 5.02 Å². The average Bonchev–Trinajstić information content (AvgIpc) is 3.17. The summed E-state index contributed by atoms with van der Waals surface area (Å²) < 4.78 is 6.01. The highest BCUT2D eigenvalue weighted by atomic mass is 35.5.